The second-order valence-electron chi connectivity index (χ2n) is 9.04. The van der Waals surface area contributed by atoms with Crippen LogP contribution in [0.25, 0.3) is 0 Å². The SMILES string of the molecule is CN(C(=O)c1ccccc1C(=O)OCC(=O)N[C@H]1CCCc2ccccc21)C1CCCCC1. The number of esters is 1. The van der Waals surface area contributed by atoms with Gasteiger partial charge in [0.15, 0.2) is 6.61 Å². The molecule has 0 radical (unpaired) electrons. The van der Waals surface area contributed by atoms with E-state index in [4.69, 9.17) is 4.74 Å². The molecule has 33 heavy (non-hydrogen) atoms. The summed E-state index contributed by atoms with van der Waals surface area (Å²) in [5, 5.41) is 2.99. The van der Waals surface area contributed by atoms with Crippen LogP contribution in [-0.2, 0) is 16.0 Å². The molecule has 0 aromatic heterocycles. The Hall–Kier alpha value is -3.15. The average molecular weight is 449 g/mol. The highest BCUT2D eigenvalue weighted by molar-refractivity contribution is 6.05. The van der Waals surface area contributed by atoms with E-state index in [9.17, 15) is 14.4 Å². The lowest BCUT2D eigenvalue weighted by Gasteiger charge is -2.31. The molecule has 1 fully saturated rings. The molecule has 0 spiro atoms. The number of nitrogens with one attached hydrogen (secondary N) is 1. The van der Waals surface area contributed by atoms with Crippen molar-refractivity contribution in [2.45, 2.75) is 63.5 Å². The molecule has 0 aliphatic heterocycles. The molecule has 2 aliphatic carbocycles. The predicted octanol–water partition coefficient (Wildman–Crippen LogP) is 4.44. The van der Waals surface area contributed by atoms with Crippen LogP contribution in [0.2, 0.25) is 0 Å². The summed E-state index contributed by atoms with van der Waals surface area (Å²) >= 11 is 0. The molecule has 0 unspecified atom stereocenters. The quantitative estimate of drug-likeness (QED) is 0.663. The monoisotopic (exact) mass is 448 g/mol. The van der Waals surface area contributed by atoms with E-state index >= 15 is 0 Å². The number of carbonyl (C=O) groups excluding carboxylic acids is 3. The van der Waals surface area contributed by atoms with Gasteiger partial charge in [-0.1, -0.05) is 55.7 Å². The zero-order valence-electron chi connectivity index (χ0n) is 19.2. The summed E-state index contributed by atoms with van der Waals surface area (Å²) in [6, 6.07) is 14.9. The van der Waals surface area contributed by atoms with E-state index in [0.717, 1.165) is 50.5 Å². The van der Waals surface area contributed by atoms with Crippen molar-refractivity contribution in [3.8, 4) is 0 Å². The van der Waals surface area contributed by atoms with Gasteiger partial charge in [-0.2, -0.15) is 0 Å². The Labute approximate surface area is 195 Å². The number of fused-ring (bicyclic) bond motifs is 1. The van der Waals surface area contributed by atoms with E-state index in [-0.39, 0.29) is 36.1 Å². The van der Waals surface area contributed by atoms with Gasteiger partial charge in [0, 0.05) is 13.1 Å². The molecule has 1 atom stereocenters. The van der Waals surface area contributed by atoms with Crippen LogP contribution < -0.4 is 5.32 Å². The molecule has 2 aromatic carbocycles. The molecule has 2 aliphatic rings. The van der Waals surface area contributed by atoms with Gasteiger partial charge in [0.25, 0.3) is 11.8 Å². The largest absolute Gasteiger partial charge is 0.452 e. The summed E-state index contributed by atoms with van der Waals surface area (Å²) in [4.78, 5) is 40.2. The molecule has 6 nitrogen and oxygen atoms in total. The first-order valence-corrected chi connectivity index (χ1v) is 11.9. The summed E-state index contributed by atoms with van der Waals surface area (Å²) < 4.78 is 5.31. The van der Waals surface area contributed by atoms with Crippen LogP contribution in [0.1, 0.15) is 82.8 Å². The molecule has 1 N–H and O–H groups in total. The van der Waals surface area contributed by atoms with Crippen LogP contribution in [0.4, 0.5) is 0 Å². The smallest absolute Gasteiger partial charge is 0.339 e. The topological polar surface area (TPSA) is 75.7 Å². The van der Waals surface area contributed by atoms with E-state index in [0.29, 0.717) is 5.56 Å². The van der Waals surface area contributed by atoms with Crippen molar-refractivity contribution >= 4 is 17.8 Å². The Kier molecular flexibility index (Phi) is 7.43. The summed E-state index contributed by atoms with van der Waals surface area (Å²) in [6.45, 7) is -0.376. The van der Waals surface area contributed by atoms with E-state index in [1.54, 1.807) is 36.2 Å². The Morgan fingerprint density at radius 1 is 0.909 bits per heavy atom. The second kappa shape index (κ2) is 10.6. The van der Waals surface area contributed by atoms with Crippen molar-refractivity contribution in [1.29, 1.82) is 0 Å². The summed E-state index contributed by atoms with van der Waals surface area (Å²) in [5.41, 5.74) is 2.89. The standard InChI is InChI=1S/C27H32N2O4/c1-29(20-12-3-2-4-13-20)26(31)22-15-7-8-16-23(22)27(32)33-18-25(30)28-24-17-9-11-19-10-5-6-14-21(19)24/h5-8,10,14-16,20,24H,2-4,9,11-13,17-18H2,1H3,(H,28,30)/t24-/m0/s1. The Bertz CT molecular complexity index is 1010. The maximum Gasteiger partial charge on any atom is 0.339 e. The summed E-state index contributed by atoms with van der Waals surface area (Å²) in [5.74, 6) is -1.18. The molecule has 2 aromatic rings. The van der Waals surface area contributed by atoms with E-state index < -0.39 is 5.97 Å². The van der Waals surface area contributed by atoms with Gasteiger partial charge in [0.05, 0.1) is 17.2 Å². The Morgan fingerprint density at radius 2 is 1.61 bits per heavy atom. The summed E-state index contributed by atoms with van der Waals surface area (Å²) in [6.07, 6.45) is 8.29. The number of ether oxygens (including phenoxy) is 1. The van der Waals surface area contributed by atoms with Crippen molar-refractivity contribution in [3.63, 3.8) is 0 Å². The van der Waals surface area contributed by atoms with Gasteiger partial charge in [-0.3, -0.25) is 9.59 Å². The molecule has 2 amide bonds. The molecular weight excluding hydrogens is 416 g/mol. The number of rotatable bonds is 6. The van der Waals surface area contributed by atoms with Crippen molar-refractivity contribution in [2.75, 3.05) is 13.7 Å². The number of aryl methyl sites for hydroxylation is 1. The molecule has 6 heteroatoms. The molecule has 4 rings (SSSR count). The third-order valence-electron chi connectivity index (χ3n) is 6.86. The van der Waals surface area contributed by atoms with Crippen LogP contribution in [0.15, 0.2) is 48.5 Å². The van der Waals surface area contributed by atoms with Crippen molar-refractivity contribution in [1.82, 2.24) is 10.2 Å². The number of benzene rings is 2. The fourth-order valence-electron chi connectivity index (χ4n) is 5.02. The third kappa shape index (κ3) is 5.44. The first kappa shape index (κ1) is 23.0. The minimum Gasteiger partial charge on any atom is -0.452 e. The minimum absolute atomic E-state index is 0.0702. The van der Waals surface area contributed by atoms with Gasteiger partial charge < -0.3 is 15.0 Å². The van der Waals surface area contributed by atoms with Crippen LogP contribution in [0.3, 0.4) is 0 Å². The molecule has 0 bridgehead atoms. The van der Waals surface area contributed by atoms with E-state index in [2.05, 4.69) is 11.4 Å². The van der Waals surface area contributed by atoms with E-state index in [1.807, 2.05) is 18.2 Å². The minimum atomic E-state index is -0.657. The normalized spacial score (nSPS) is 18.2. The highest BCUT2D eigenvalue weighted by Gasteiger charge is 2.27. The zero-order valence-corrected chi connectivity index (χ0v) is 19.2. The number of amides is 2. The number of hydrogen-bond donors (Lipinski definition) is 1. The molecule has 174 valence electrons. The first-order valence-electron chi connectivity index (χ1n) is 11.9. The van der Waals surface area contributed by atoms with Crippen molar-refractivity contribution in [2.24, 2.45) is 0 Å². The van der Waals surface area contributed by atoms with Crippen molar-refractivity contribution < 1.29 is 19.1 Å². The van der Waals surface area contributed by atoms with Crippen LogP contribution in [0.5, 0.6) is 0 Å². The predicted molar refractivity (Wildman–Crippen MR) is 126 cm³/mol. The van der Waals surface area contributed by atoms with Crippen LogP contribution in [-0.4, -0.2) is 42.4 Å². The lowest BCUT2D eigenvalue weighted by molar-refractivity contribution is -0.125. The zero-order chi connectivity index (χ0) is 23.2. The maximum absolute atomic E-state index is 13.1. The highest BCUT2D eigenvalue weighted by Crippen LogP contribution is 2.29. The van der Waals surface area contributed by atoms with Gasteiger partial charge in [-0.05, 0) is 55.4 Å². The molecule has 0 heterocycles. The second-order valence-corrected chi connectivity index (χ2v) is 9.04. The lowest BCUT2D eigenvalue weighted by atomic mass is 9.88. The van der Waals surface area contributed by atoms with Crippen LogP contribution >= 0.6 is 0 Å². The number of hydrogen-bond acceptors (Lipinski definition) is 4. The van der Waals surface area contributed by atoms with Crippen LogP contribution in [0, 0.1) is 0 Å². The summed E-state index contributed by atoms with van der Waals surface area (Å²) in [7, 11) is 1.80. The maximum atomic E-state index is 13.1. The first-order chi connectivity index (χ1) is 16.0. The Balaban J connectivity index is 1.37. The third-order valence-corrected chi connectivity index (χ3v) is 6.86. The number of carbonyl (C=O) groups is 3. The molecular formula is C27H32N2O4. The fraction of sp³-hybridized carbons (Fsp3) is 0.444. The van der Waals surface area contributed by atoms with Gasteiger partial charge >= 0.3 is 5.97 Å². The van der Waals surface area contributed by atoms with E-state index in [1.165, 1.54) is 12.0 Å². The van der Waals surface area contributed by atoms with Gasteiger partial charge in [-0.15, -0.1) is 0 Å². The number of nitrogens with zero attached hydrogens (tertiary/aromatic N) is 1. The molecule has 0 saturated heterocycles. The lowest BCUT2D eigenvalue weighted by Crippen LogP contribution is -2.39. The van der Waals surface area contributed by atoms with Gasteiger partial charge in [0.1, 0.15) is 0 Å². The van der Waals surface area contributed by atoms with Crippen molar-refractivity contribution in [3.05, 3.63) is 70.8 Å². The van der Waals surface area contributed by atoms with Gasteiger partial charge in [0.2, 0.25) is 0 Å². The average Bonchev–Trinajstić information content (AvgIpc) is 2.87. The fourth-order valence-corrected chi connectivity index (χ4v) is 5.02. The highest BCUT2D eigenvalue weighted by atomic mass is 16.5. The van der Waals surface area contributed by atoms with Gasteiger partial charge in [-0.25, -0.2) is 4.79 Å². The molecule has 1 saturated carbocycles. The Morgan fingerprint density at radius 3 is 2.39 bits per heavy atom.